The molecule has 1 aromatic rings. The third-order valence-corrected chi connectivity index (χ3v) is 23.7. The van der Waals surface area contributed by atoms with Crippen LogP contribution in [0.3, 0.4) is 0 Å². The highest BCUT2D eigenvalue weighted by Gasteiger charge is 2.54. The number of aliphatic hydroxyl groups is 21. The molecule has 53 heteroatoms. The molecule has 6 heterocycles. The molecule has 6 fully saturated rings. The van der Waals surface area contributed by atoms with E-state index in [2.05, 4.69) is 37.2 Å². The molecule has 28 N–H and O–H groups in total. The number of carbonyl (C=O) groups is 9. The highest BCUT2D eigenvalue weighted by molar-refractivity contribution is 5.85. The number of amides is 8. The standard InChI is InChI=1S/C86H146N10O43/c1-47-63(110)69(116)74(121)81(133-47)127-31-27-92-54(101)19-10-4-13-23-89-59(106)38-95(40-61(108)96(29-33-129-82-75(122)70(117)64(111)49(41-97)134-82)30-34-130-83-76(123)71(118)65(112)50(42-98)135-83)39-60(107)91-26-16-6-15-25-90-58(105)37-94(36-57(104)88-24-14-5-11-21-62(109)131-45-48-17-7-2-8-18-48)35-56(103)87-22-12-3-9-20-55(102)93-28-32-128-85-79(126)80(139-86-78(125)73(120)67(114)52(44-100)137-86)68(115)53(138-85)46-132-84-77(124)72(119)66(113)51(43-99)136-84/h2,7-8,17-18,47,49-53,63-86,97-100,110-126H,3-6,9-16,19-46H2,1H3,(H,87,103)(H,88,104)(H,89,106)(H,90,105)(H,91,107)(H,92,101)(H,93,102)/t47-,49+,50+,51+,52+,53+,63+,64+,65+,66+,67+,68+,69+,70-,71-,72-,73-,74-,75-,76-,77-,78-,79-,80-,81+,82-,83-,84-,85-,86+/m0/s1. The van der Waals surface area contributed by atoms with E-state index in [0.717, 1.165) is 10.5 Å². The summed E-state index contributed by atoms with van der Waals surface area (Å²) < 4.78 is 72.1. The normalized spacial score (nSPS) is 31.5. The smallest absolute Gasteiger partial charge is 0.306 e. The molecule has 30 atom stereocenters. The van der Waals surface area contributed by atoms with E-state index in [9.17, 15) is 150 Å². The fourth-order valence-electron chi connectivity index (χ4n) is 15.5. The molecule has 6 saturated heterocycles. The maximum absolute atomic E-state index is 14.5. The second kappa shape index (κ2) is 63.3. The monoisotopic (exact) mass is 2010 g/mol. The molecule has 0 spiro atoms. The van der Waals surface area contributed by atoms with E-state index in [1.165, 1.54) is 16.7 Å². The van der Waals surface area contributed by atoms with Crippen LogP contribution in [0.1, 0.15) is 109 Å². The third kappa shape index (κ3) is 39.8. The fourth-order valence-corrected chi connectivity index (χ4v) is 15.5. The fraction of sp³-hybridized carbons (Fsp3) is 0.826. The van der Waals surface area contributed by atoms with Crippen LogP contribution in [0.5, 0.6) is 0 Å². The first-order valence-electron chi connectivity index (χ1n) is 46.9. The number of aliphatic hydroxyl groups excluding tert-OH is 21. The summed E-state index contributed by atoms with van der Waals surface area (Å²) in [5.41, 5.74) is 0.835. The van der Waals surface area contributed by atoms with Crippen LogP contribution in [0.25, 0.3) is 0 Å². The molecule has 0 saturated carbocycles. The van der Waals surface area contributed by atoms with Crippen molar-refractivity contribution in [2.75, 3.05) is 158 Å². The van der Waals surface area contributed by atoms with Gasteiger partial charge in [-0.15, -0.1) is 0 Å². The van der Waals surface area contributed by atoms with Gasteiger partial charge in [0.25, 0.3) is 0 Å². The molecule has 0 bridgehead atoms. The number of rotatable bonds is 63. The highest BCUT2D eigenvalue weighted by Crippen LogP contribution is 2.33. The molecule has 8 amide bonds. The molecule has 139 heavy (non-hydrogen) atoms. The molecular formula is C86H146N10O43. The van der Waals surface area contributed by atoms with E-state index in [0.29, 0.717) is 77.0 Å². The number of carbonyl (C=O) groups excluding carboxylic acids is 9. The lowest BCUT2D eigenvalue weighted by atomic mass is 9.96. The maximum Gasteiger partial charge on any atom is 0.306 e. The Kier molecular flexibility index (Phi) is 54.2. The predicted octanol–water partition coefficient (Wildman–Crippen LogP) is -14.2. The minimum atomic E-state index is -1.98. The zero-order valence-electron chi connectivity index (χ0n) is 77.7. The number of esters is 1. The summed E-state index contributed by atoms with van der Waals surface area (Å²) in [4.78, 5) is 124. The molecule has 6 aliphatic rings. The first kappa shape index (κ1) is 119. The Morgan fingerprint density at radius 2 is 0.626 bits per heavy atom. The maximum atomic E-state index is 14.5. The lowest BCUT2D eigenvalue weighted by Crippen LogP contribution is -2.65. The molecule has 0 aromatic heterocycles. The van der Waals surface area contributed by atoms with Gasteiger partial charge in [0.2, 0.25) is 47.3 Å². The van der Waals surface area contributed by atoms with E-state index in [4.69, 9.17) is 61.6 Å². The van der Waals surface area contributed by atoms with Gasteiger partial charge >= 0.3 is 5.97 Å². The van der Waals surface area contributed by atoms with Crippen molar-refractivity contribution in [3.8, 4) is 0 Å². The Morgan fingerprint density at radius 1 is 0.309 bits per heavy atom. The predicted molar refractivity (Wildman–Crippen MR) is 469 cm³/mol. The van der Waals surface area contributed by atoms with Crippen LogP contribution in [-0.2, 0) is 111 Å². The Bertz CT molecular complexity index is 3700. The van der Waals surface area contributed by atoms with Crippen LogP contribution in [0, 0.1) is 0 Å². The van der Waals surface area contributed by atoms with Crippen molar-refractivity contribution in [2.45, 2.75) is 294 Å². The summed E-state index contributed by atoms with van der Waals surface area (Å²) in [5, 5.41) is 236. The second-order valence-corrected chi connectivity index (χ2v) is 34.7. The minimum absolute atomic E-state index is 0.000174. The Hall–Kier alpha value is -6.95. The summed E-state index contributed by atoms with van der Waals surface area (Å²) in [6.07, 6.45) is -44.3. The average molecular weight is 2010 g/mol. The number of nitrogens with zero attached hydrogens (tertiary/aromatic N) is 3. The van der Waals surface area contributed by atoms with Gasteiger partial charge in [-0.2, -0.15) is 0 Å². The van der Waals surface area contributed by atoms with Gasteiger partial charge in [0.15, 0.2) is 37.7 Å². The molecule has 798 valence electrons. The van der Waals surface area contributed by atoms with Crippen LogP contribution in [0.15, 0.2) is 30.3 Å². The number of hydrogen-bond donors (Lipinski definition) is 28. The largest absolute Gasteiger partial charge is 0.461 e. The van der Waals surface area contributed by atoms with Crippen LogP contribution in [-0.4, -0.2) is 517 Å². The molecule has 0 aliphatic carbocycles. The van der Waals surface area contributed by atoms with Crippen LogP contribution < -0.4 is 37.2 Å². The van der Waals surface area contributed by atoms with Gasteiger partial charge in [-0.1, -0.05) is 49.6 Å². The first-order valence-corrected chi connectivity index (χ1v) is 46.9. The van der Waals surface area contributed by atoms with Gasteiger partial charge in [-0.3, -0.25) is 53.0 Å². The Balaban J connectivity index is 0.881. The van der Waals surface area contributed by atoms with Gasteiger partial charge in [-0.25, -0.2) is 0 Å². The van der Waals surface area contributed by atoms with Crippen molar-refractivity contribution in [1.82, 2.24) is 51.9 Å². The Morgan fingerprint density at radius 3 is 1.02 bits per heavy atom. The number of ether oxygens (including phenoxy) is 13. The molecule has 0 radical (unpaired) electrons. The van der Waals surface area contributed by atoms with Crippen molar-refractivity contribution >= 4 is 53.2 Å². The Labute approximate surface area is 801 Å². The summed E-state index contributed by atoms with van der Waals surface area (Å²) in [6, 6.07) is 9.16. The van der Waals surface area contributed by atoms with Crippen LogP contribution >= 0.6 is 0 Å². The lowest BCUT2D eigenvalue weighted by molar-refractivity contribution is -0.366. The SMILES string of the molecule is C[C@@H]1O[C@@H](OCCNC(=O)CCCCCNC(=O)CN(CC(=O)NCCCCCNC(=O)CN(CC(=O)NCCCCCC(=O)NCCO[C@H]2O[C@H](CO[C@H]3O[C@H](CO)[C@@H](O)[C@H](O)[C@@H]3O)[C@@H](O)[C@H](O[C@H]3O[C@H](CO)[C@@H](O)[C@H](O)[C@@H]3O)[C@@H]2O)CC(=O)NCCCCCC(=O)OCc2ccccc2)CC(=O)N(CCO[C@H]2O[C@H](CO)[C@@H](O)[C@H](O)[C@@H]2O)CCO[C@H]2O[C@H](CO)[C@@H](O)[C@H](O)[C@@H]2O)[C@@H](O)[C@H](O)[C@@H]1O. The zero-order chi connectivity index (χ0) is 102. The number of hydrogen-bond acceptors (Lipinski definition) is 45. The second-order valence-electron chi connectivity index (χ2n) is 34.7. The quantitative estimate of drug-likeness (QED) is 0.0213. The highest BCUT2D eigenvalue weighted by atomic mass is 16.8. The minimum Gasteiger partial charge on any atom is -0.461 e. The topological polar surface area (TPSA) is 792 Å². The summed E-state index contributed by atoms with van der Waals surface area (Å²) >= 11 is 0. The summed E-state index contributed by atoms with van der Waals surface area (Å²) in [7, 11) is 0. The molecule has 1 aromatic carbocycles. The van der Waals surface area contributed by atoms with Crippen molar-refractivity contribution in [3.05, 3.63) is 35.9 Å². The van der Waals surface area contributed by atoms with Gasteiger partial charge in [0.05, 0.1) is 105 Å². The van der Waals surface area contributed by atoms with Crippen molar-refractivity contribution in [3.63, 3.8) is 0 Å². The first-order chi connectivity index (χ1) is 66.5. The number of benzene rings is 1. The van der Waals surface area contributed by atoms with Crippen molar-refractivity contribution in [1.29, 1.82) is 0 Å². The van der Waals surface area contributed by atoms with Crippen molar-refractivity contribution < 1.29 is 212 Å². The van der Waals surface area contributed by atoms with E-state index in [-0.39, 0.29) is 116 Å². The zero-order valence-corrected chi connectivity index (χ0v) is 77.7. The molecule has 7 rings (SSSR count). The van der Waals surface area contributed by atoms with Crippen LogP contribution in [0.2, 0.25) is 0 Å². The lowest BCUT2D eigenvalue weighted by Gasteiger charge is -2.46. The van der Waals surface area contributed by atoms with E-state index >= 15 is 0 Å². The summed E-state index contributed by atoms with van der Waals surface area (Å²) in [6.45, 7) is -6.82. The van der Waals surface area contributed by atoms with Crippen LogP contribution in [0.4, 0.5) is 0 Å². The molecule has 0 unspecified atom stereocenters. The number of unbranched alkanes of at least 4 members (excludes halogenated alkanes) is 8. The van der Waals surface area contributed by atoms with Gasteiger partial charge in [0.1, 0.15) is 147 Å². The average Bonchev–Trinajstić information content (AvgIpc) is 0.778. The van der Waals surface area contributed by atoms with Crippen molar-refractivity contribution in [2.24, 2.45) is 0 Å². The van der Waals surface area contributed by atoms with E-state index < -0.39 is 305 Å². The number of nitrogens with one attached hydrogen (secondary N) is 7. The van der Waals surface area contributed by atoms with Gasteiger partial charge in [-0.05, 0) is 70.3 Å². The van der Waals surface area contributed by atoms with Gasteiger partial charge < -0.3 is 211 Å². The molecule has 6 aliphatic heterocycles. The third-order valence-electron chi connectivity index (χ3n) is 23.7. The van der Waals surface area contributed by atoms with E-state index in [1.807, 2.05) is 30.3 Å². The van der Waals surface area contributed by atoms with Gasteiger partial charge in [0, 0.05) is 78.2 Å². The molecular weight excluding hydrogens is 1860 g/mol. The summed E-state index contributed by atoms with van der Waals surface area (Å²) in [5.74, 6) is -4.78. The van der Waals surface area contributed by atoms with E-state index in [1.54, 1.807) is 0 Å². The molecule has 53 nitrogen and oxygen atoms in total.